The molecule has 1 unspecified atom stereocenters. The molecule has 3 heteroatoms. The van der Waals surface area contributed by atoms with Crippen LogP contribution in [0.2, 0.25) is 0 Å². The molecule has 112 valence electrons. The first-order valence-corrected chi connectivity index (χ1v) is 7.17. The highest BCUT2D eigenvalue weighted by Crippen LogP contribution is 2.17. The van der Waals surface area contributed by atoms with Crippen LogP contribution in [0.4, 0.5) is 0 Å². The van der Waals surface area contributed by atoms with Crippen molar-refractivity contribution in [2.75, 3.05) is 14.2 Å². The van der Waals surface area contributed by atoms with Gasteiger partial charge in [-0.1, -0.05) is 36.4 Å². The third kappa shape index (κ3) is 4.59. The van der Waals surface area contributed by atoms with Gasteiger partial charge in [0.1, 0.15) is 5.75 Å². The van der Waals surface area contributed by atoms with Gasteiger partial charge in [-0.3, -0.25) is 0 Å². The lowest BCUT2D eigenvalue weighted by atomic mass is 10.1. The molecule has 0 fully saturated rings. The summed E-state index contributed by atoms with van der Waals surface area (Å²) in [5.74, 6) is 0.889. The SMILES string of the molecule is COCc1ccc(CNC(C)c2ccc(OC)cc2)cc1. The molecular weight excluding hydrogens is 262 g/mol. The fourth-order valence-electron chi connectivity index (χ4n) is 2.20. The van der Waals surface area contributed by atoms with E-state index in [4.69, 9.17) is 9.47 Å². The fraction of sp³-hybridized carbons (Fsp3) is 0.333. The Morgan fingerprint density at radius 2 is 1.52 bits per heavy atom. The van der Waals surface area contributed by atoms with Crippen LogP contribution < -0.4 is 10.1 Å². The monoisotopic (exact) mass is 285 g/mol. The number of hydrogen-bond acceptors (Lipinski definition) is 3. The summed E-state index contributed by atoms with van der Waals surface area (Å²) in [5.41, 5.74) is 3.73. The van der Waals surface area contributed by atoms with Crippen LogP contribution in [0.25, 0.3) is 0 Å². The summed E-state index contributed by atoms with van der Waals surface area (Å²) in [6.45, 7) is 3.68. The molecule has 0 bridgehead atoms. The largest absolute Gasteiger partial charge is 0.497 e. The first-order valence-electron chi connectivity index (χ1n) is 7.17. The summed E-state index contributed by atoms with van der Waals surface area (Å²) in [4.78, 5) is 0. The summed E-state index contributed by atoms with van der Waals surface area (Å²) in [6, 6.07) is 17.0. The van der Waals surface area contributed by atoms with E-state index >= 15 is 0 Å². The third-order valence-electron chi connectivity index (χ3n) is 3.56. The van der Waals surface area contributed by atoms with Crippen LogP contribution in [0.5, 0.6) is 5.75 Å². The van der Waals surface area contributed by atoms with Gasteiger partial charge in [0.05, 0.1) is 13.7 Å². The van der Waals surface area contributed by atoms with Crippen molar-refractivity contribution in [1.82, 2.24) is 5.32 Å². The first-order chi connectivity index (χ1) is 10.2. The lowest BCUT2D eigenvalue weighted by Gasteiger charge is -2.15. The maximum atomic E-state index is 5.18. The molecule has 0 aliphatic carbocycles. The second-order valence-electron chi connectivity index (χ2n) is 5.13. The second kappa shape index (κ2) is 7.81. The molecule has 0 spiro atoms. The number of methoxy groups -OCH3 is 2. The zero-order valence-corrected chi connectivity index (χ0v) is 12.9. The Labute approximate surface area is 126 Å². The average Bonchev–Trinajstić information content (AvgIpc) is 2.54. The molecule has 1 atom stereocenters. The lowest BCUT2D eigenvalue weighted by molar-refractivity contribution is 0.185. The van der Waals surface area contributed by atoms with Gasteiger partial charge in [-0.15, -0.1) is 0 Å². The summed E-state index contributed by atoms with van der Waals surface area (Å²) < 4.78 is 10.3. The molecule has 3 nitrogen and oxygen atoms in total. The van der Waals surface area contributed by atoms with Crippen molar-refractivity contribution in [1.29, 1.82) is 0 Å². The predicted molar refractivity (Wildman–Crippen MR) is 85.4 cm³/mol. The van der Waals surface area contributed by atoms with Gasteiger partial charge in [-0.05, 0) is 35.7 Å². The molecule has 2 aromatic rings. The lowest BCUT2D eigenvalue weighted by Crippen LogP contribution is -2.18. The molecule has 0 aliphatic rings. The quantitative estimate of drug-likeness (QED) is 0.841. The van der Waals surface area contributed by atoms with E-state index in [2.05, 4.69) is 48.6 Å². The number of hydrogen-bond donors (Lipinski definition) is 1. The van der Waals surface area contributed by atoms with Gasteiger partial charge >= 0.3 is 0 Å². The molecule has 0 aliphatic heterocycles. The zero-order valence-electron chi connectivity index (χ0n) is 12.9. The van der Waals surface area contributed by atoms with Crippen LogP contribution >= 0.6 is 0 Å². The predicted octanol–water partition coefficient (Wildman–Crippen LogP) is 3.69. The number of rotatable bonds is 7. The van der Waals surface area contributed by atoms with E-state index in [9.17, 15) is 0 Å². The second-order valence-corrected chi connectivity index (χ2v) is 5.13. The van der Waals surface area contributed by atoms with Gasteiger partial charge in [-0.2, -0.15) is 0 Å². The molecule has 0 saturated heterocycles. The molecule has 0 heterocycles. The normalized spacial score (nSPS) is 12.1. The number of nitrogens with one attached hydrogen (secondary N) is 1. The van der Waals surface area contributed by atoms with Gasteiger partial charge in [0, 0.05) is 19.7 Å². The molecule has 2 aromatic carbocycles. The topological polar surface area (TPSA) is 30.5 Å². The number of benzene rings is 2. The standard InChI is InChI=1S/C18H23NO2/c1-14(17-8-10-18(21-3)11-9-17)19-12-15-4-6-16(7-5-15)13-20-2/h4-11,14,19H,12-13H2,1-3H3. The van der Waals surface area contributed by atoms with Crippen molar-refractivity contribution < 1.29 is 9.47 Å². The van der Waals surface area contributed by atoms with Gasteiger partial charge in [0.25, 0.3) is 0 Å². The van der Waals surface area contributed by atoms with Crippen molar-refractivity contribution in [3.8, 4) is 5.75 Å². The van der Waals surface area contributed by atoms with Crippen LogP contribution in [0, 0.1) is 0 Å². The van der Waals surface area contributed by atoms with E-state index in [1.54, 1.807) is 14.2 Å². The Balaban J connectivity index is 1.88. The smallest absolute Gasteiger partial charge is 0.118 e. The van der Waals surface area contributed by atoms with Crippen LogP contribution in [0.3, 0.4) is 0 Å². The average molecular weight is 285 g/mol. The van der Waals surface area contributed by atoms with E-state index in [0.29, 0.717) is 12.6 Å². The molecule has 21 heavy (non-hydrogen) atoms. The van der Waals surface area contributed by atoms with Gasteiger partial charge in [0.15, 0.2) is 0 Å². The Kier molecular flexibility index (Phi) is 5.78. The fourth-order valence-corrected chi connectivity index (χ4v) is 2.20. The van der Waals surface area contributed by atoms with Crippen molar-refractivity contribution in [3.05, 3.63) is 65.2 Å². The molecule has 1 N–H and O–H groups in total. The summed E-state index contributed by atoms with van der Waals surface area (Å²) in [6.07, 6.45) is 0. The molecular formula is C18H23NO2. The Hall–Kier alpha value is -1.84. The maximum Gasteiger partial charge on any atom is 0.118 e. The minimum absolute atomic E-state index is 0.301. The molecule has 0 saturated carbocycles. The Morgan fingerprint density at radius 1 is 0.905 bits per heavy atom. The van der Waals surface area contributed by atoms with Crippen LogP contribution in [0.1, 0.15) is 29.7 Å². The zero-order chi connectivity index (χ0) is 15.1. The number of ether oxygens (including phenoxy) is 2. The summed E-state index contributed by atoms with van der Waals surface area (Å²) in [7, 11) is 3.40. The van der Waals surface area contributed by atoms with Gasteiger partial charge in [0.2, 0.25) is 0 Å². The van der Waals surface area contributed by atoms with E-state index in [-0.39, 0.29) is 0 Å². The highest BCUT2D eigenvalue weighted by molar-refractivity contribution is 5.29. The van der Waals surface area contributed by atoms with Crippen molar-refractivity contribution in [2.24, 2.45) is 0 Å². The van der Waals surface area contributed by atoms with E-state index in [0.717, 1.165) is 12.3 Å². The maximum absolute atomic E-state index is 5.18. The summed E-state index contributed by atoms with van der Waals surface area (Å²) >= 11 is 0. The molecule has 2 rings (SSSR count). The van der Waals surface area contributed by atoms with E-state index in [1.165, 1.54) is 16.7 Å². The van der Waals surface area contributed by atoms with Crippen molar-refractivity contribution in [2.45, 2.75) is 26.1 Å². The molecule has 0 aromatic heterocycles. The highest BCUT2D eigenvalue weighted by atomic mass is 16.5. The molecule has 0 radical (unpaired) electrons. The minimum atomic E-state index is 0.301. The van der Waals surface area contributed by atoms with Crippen LogP contribution in [-0.2, 0) is 17.9 Å². The highest BCUT2D eigenvalue weighted by Gasteiger charge is 2.05. The Bertz CT molecular complexity index is 534. The van der Waals surface area contributed by atoms with E-state index < -0.39 is 0 Å². The Morgan fingerprint density at radius 3 is 2.10 bits per heavy atom. The van der Waals surface area contributed by atoms with E-state index in [1.807, 2.05) is 12.1 Å². The van der Waals surface area contributed by atoms with Gasteiger partial charge in [-0.25, -0.2) is 0 Å². The minimum Gasteiger partial charge on any atom is -0.497 e. The summed E-state index contributed by atoms with van der Waals surface area (Å²) in [5, 5.41) is 3.53. The van der Waals surface area contributed by atoms with Crippen LogP contribution in [-0.4, -0.2) is 14.2 Å². The van der Waals surface area contributed by atoms with Crippen molar-refractivity contribution >= 4 is 0 Å². The van der Waals surface area contributed by atoms with Gasteiger partial charge < -0.3 is 14.8 Å². The van der Waals surface area contributed by atoms with Crippen LogP contribution in [0.15, 0.2) is 48.5 Å². The van der Waals surface area contributed by atoms with Crippen molar-refractivity contribution in [3.63, 3.8) is 0 Å². The first kappa shape index (κ1) is 15.5. The molecule has 0 amide bonds. The third-order valence-corrected chi connectivity index (χ3v) is 3.56.